The lowest BCUT2D eigenvalue weighted by atomic mass is 9.99. The van der Waals surface area contributed by atoms with Gasteiger partial charge in [-0.2, -0.15) is 18.4 Å². The Morgan fingerprint density at radius 1 is 1.15 bits per heavy atom. The molecule has 0 aliphatic carbocycles. The number of hydrogen-bond acceptors (Lipinski definition) is 7. The fraction of sp³-hybridized carbons (Fsp3) is 0.160. The number of nitrogens with one attached hydrogen (secondary N) is 2. The van der Waals surface area contributed by atoms with Crippen LogP contribution >= 0.6 is 23.2 Å². The monoisotopic (exact) mass is 577 g/mol. The first-order valence-electron chi connectivity index (χ1n) is 11.1. The van der Waals surface area contributed by atoms with Gasteiger partial charge < -0.3 is 14.5 Å². The number of hydrogen-bond donors (Lipinski definition) is 2. The molecule has 14 heteroatoms. The van der Waals surface area contributed by atoms with E-state index in [1.54, 1.807) is 24.3 Å². The molecule has 0 fully saturated rings. The molecule has 0 atom stereocenters. The summed E-state index contributed by atoms with van der Waals surface area (Å²) in [6, 6.07) is 11.5. The van der Waals surface area contributed by atoms with Crippen molar-refractivity contribution in [2.24, 2.45) is 0 Å². The van der Waals surface area contributed by atoms with Crippen molar-refractivity contribution in [3.8, 4) is 11.8 Å². The number of aromatic amines is 1. The minimum atomic E-state index is -4.70. The quantitative estimate of drug-likeness (QED) is 0.285. The molecule has 2 N–H and O–H groups in total. The van der Waals surface area contributed by atoms with Crippen molar-refractivity contribution in [2.75, 3.05) is 11.9 Å². The van der Waals surface area contributed by atoms with Crippen LogP contribution in [0.2, 0.25) is 10.0 Å². The van der Waals surface area contributed by atoms with Gasteiger partial charge >= 0.3 is 11.9 Å². The van der Waals surface area contributed by atoms with Crippen LogP contribution in [0, 0.1) is 11.3 Å². The molecule has 200 valence electrons. The van der Waals surface area contributed by atoms with Crippen molar-refractivity contribution >= 4 is 34.8 Å². The van der Waals surface area contributed by atoms with Crippen LogP contribution in [0.1, 0.15) is 38.6 Å². The van der Waals surface area contributed by atoms with Gasteiger partial charge in [0.1, 0.15) is 17.1 Å². The largest absolute Gasteiger partial charge is 0.491 e. The maximum absolute atomic E-state index is 13.1. The highest BCUT2D eigenvalue weighted by Gasteiger charge is 2.33. The topological polar surface area (TPSA) is 134 Å². The number of halogens is 5. The molecule has 2 aromatic carbocycles. The SMILES string of the molecule is N#Cc1cc(C(F)(F)F)ncc1Cc1cc(C(=O)Nc2c(Cl)cccc2OCCc2n[nH]c(=O)o2)ccc1Cl. The molecular formula is C25H16Cl2F3N5O4. The van der Waals surface area contributed by atoms with Crippen LogP contribution < -0.4 is 15.8 Å². The first kappa shape index (κ1) is 27.7. The number of ether oxygens (including phenoxy) is 1. The highest BCUT2D eigenvalue weighted by molar-refractivity contribution is 6.34. The number of rotatable bonds is 8. The predicted molar refractivity (Wildman–Crippen MR) is 134 cm³/mol. The minimum Gasteiger partial charge on any atom is -0.491 e. The molecule has 9 nitrogen and oxygen atoms in total. The Morgan fingerprint density at radius 2 is 1.95 bits per heavy atom. The number of aromatic nitrogens is 3. The number of nitrogens with zero attached hydrogens (tertiary/aromatic N) is 3. The van der Waals surface area contributed by atoms with Gasteiger partial charge in [-0.25, -0.2) is 9.89 Å². The number of benzene rings is 2. The van der Waals surface area contributed by atoms with Gasteiger partial charge in [0.2, 0.25) is 5.89 Å². The zero-order valence-electron chi connectivity index (χ0n) is 19.6. The van der Waals surface area contributed by atoms with E-state index >= 15 is 0 Å². The number of H-pyrrole nitrogens is 1. The van der Waals surface area contributed by atoms with E-state index in [1.807, 2.05) is 0 Å². The van der Waals surface area contributed by atoms with Gasteiger partial charge in [0.05, 0.1) is 29.7 Å². The Hall–Kier alpha value is -4.34. The second-order valence-electron chi connectivity index (χ2n) is 7.99. The molecule has 2 aromatic heterocycles. The summed E-state index contributed by atoms with van der Waals surface area (Å²) in [5, 5.41) is 18.3. The normalized spacial score (nSPS) is 11.2. The van der Waals surface area contributed by atoms with Crippen LogP contribution in [0.4, 0.5) is 18.9 Å². The van der Waals surface area contributed by atoms with Gasteiger partial charge in [-0.15, -0.1) is 5.10 Å². The molecule has 0 unspecified atom stereocenters. The van der Waals surface area contributed by atoms with E-state index in [-0.39, 0.29) is 63.5 Å². The lowest BCUT2D eigenvalue weighted by Gasteiger charge is -2.14. The third kappa shape index (κ3) is 6.76. The summed E-state index contributed by atoms with van der Waals surface area (Å²) in [6.45, 7) is 0.0600. The number of amides is 1. The highest BCUT2D eigenvalue weighted by atomic mass is 35.5. The second kappa shape index (κ2) is 11.6. The van der Waals surface area contributed by atoms with Crippen molar-refractivity contribution in [2.45, 2.75) is 19.0 Å². The second-order valence-corrected chi connectivity index (χ2v) is 8.81. The number of carbonyl (C=O) groups is 1. The van der Waals surface area contributed by atoms with Crippen LogP contribution in [0.15, 0.2) is 57.9 Å². The first-order valence-corrected chi connectivity index (χ1v) is 11.8. The maximum atomic E-state index is 13.1. The first-order chi connectivity index (χ1) is 18.5. The van der Waals surface area contributed by atoms with E-state index in [2.05, 4.69) is 20.5 Å². The zero-order chi connectivity index (χ0) is 28.2. The number of nitriles is 1. The summed E-state index contributed by atoms with van der Waals surface area (Å²) in [6.07, 6.45) is -3.61. The van der Waals surface area contributed by atoms with Gasteiger partial charge in [0.25, 0.3) is 5.91 Å². The average Bonchev–Trinajstić information content (AvgIpc) is 3.31. The fourth-order valence-electron chi connectivity index (χ4n) is 3.49. The van der Waals surface area contributed by atoms with E-state index in [0.29, 0.717) is 11.6 Å². The van der Waals surface area contributed by atoms with E-state index in [9.17, 15) is 28.0 Å². The summed E-state index contributed by atoms with van der Waals surface area (Å²) >= 11 is 12.6. The smallest absolute Gasteiger partial charge is 0.434 e. The van der Waals surface area contributed by atoms with E-state index in [0.717, 1.165) is 6.20 Å². The van der Waals surface area contributed by atoms with Crippen molar-refractivity contribution in [1.29, 1.82) is 5.26 Å². The van der Waals surface area contributed by atoms with Crippen molar-refractivity contribution < 1.29 is 27.1 Å². The summed E-state index contributed by atoms with van der Waals surface area (Å²) in [7, 11) is 0. The molecule has 2 heterocycles. The van der Waals surface area contributed by atoms with Gasteiger partial charge in [-0.1, -0.05) is 29.3 Å². The third-order valence-electron chi connectivity index (χ3n) is 5.36. The van der Waals surface area contributed by atoms with Crippen LogP contribution in [0.25, 0.3) is 0 Å². The number of para-hydroxylation sites is 1. The Balaban J connectivity index is 1.52. The molecule has 0 saturated heterocycles. The molecule has 0 bridgehead atoms. The van der Waals surface area contributed by atoms with Crippen LogP contribution in [0.3, 0.4) is 0 Å². The molecule has 0 radical (unpaired) electrons. The van der Waals surface area contributed by atoms with Crippen LogP contribution in [0.5, 0.6) is 5.75 Å². The molecule has 39 heavy (non-hydrogen) atoms. The van der Waals surface area contributed by atoms with Crippen molar-refractivity contribution in [1.82, 2.24) is 15.2 Å². The number of anilines is 1. The van der Waals surface area contributed by atoms with E-state index in [1.165, 1.54) is 18.2 Å². The van der Waals surface area contributed by atoms with Crippen LogP contribution in [-0.4, -0.2) is 27.7 Å². The minimum absolute atomic E-state index is 0.0439. The standard InChI is InChI=1S/C25H16Cl2F3N5O4/c26-17-5-4-13(8-14(17)9-16-12-32-20(25(28,29)30)10-15(16)11-31)23(36)33-22-18(27)2-1-3-19(22)38-7-6-21-34-35-24(37)39-21/h1-5,8,10,12H,6-7,9H2,(H,33,36)(H,35,37). The Bertz CT molecular complexity index is 1630. The highest BCUT2D eigenvalue weighted by Crippen LogP contribution is 2.33. The fourth-order valence-corrected chi connectivity index (χ4v) is 3.89. The maximum Gasteiger partial charge on any atom is 0.434 e. The molecule has 0 aliphatic heterocycles. The van der Waals surface area contributed by atoms with Crippen LogP contribution in [-0.2, 0) is 19.0 Å². The molecule has 4 rings (SSSR count). The molecule has 1 amide bonds. The van der Waals surface area contributed by atoms with E-state index in [4.69, 9.17) is 32.4 Å². The molecule has 0 aliphatic rings. The average molecular weight is 578 g/mol. The predicted octanol–water partition coefficient (Wildman–Crippen LogP) is 5.42. The number of carbonyl (C=O) groups excluding carboxylic acids is 1. The lowest BCUT2D eigenvalue weighted by molar-refractivity contribution is -0.141. The van der Waals surface area contributed by atoms with Crippen molar-refractivity contribution in [3.63, 3.8) is 0 Å². The summed E-state index contributed by atoms with van der Waals surface area (Å²) in [5.74, 6) is -0.877. The summed E-state index contributed by atoms with van der Waals surface area (Å²) in [5.41, 5.74) is -0.457. The zero-order valence-corrected chi connectivity index (χ0v) is 21.1. The molecule has 0 spiro atoms. The summed E-state index contributed by atoms with van der Waals surface area (Å²) < 4.78 is 49.4. The Morgan fingerprint density at radius 3 is 2.64 bits per heavy atom. The van der Waals surface area contributed by atoms with Crippen molar-refractivity contribution in [3.05, 3.63) is 103 Å². The Labute approximate surface area is 228 Å². The number of pyridine rings is 1. The van der Waals surface area contributed by atoms with E-state index < -0.39 is 23.5 Å². The molecule has 0 saturated carbocycles. The summed E-state index contributed by atoms with van der Waals surface area (Å²) in [4.78, 5) is 27.5. The van der Waals surface area contributed by atoms with Gasteiger partial charge in [0.15, 0.2) is 0 Å². The number of alkyl halides is 3. The third-order valence-corrected chi connectivity index (χ3v) is 6.04. The van der Waals surface area contributed by atoms with Gasteiger partial charge in [-0.05, 0) is 47.5 Å². The molecule has 4 aromatic rings. The lowest BCUT2D eigenvalue weighted by Crippen LogP contribution is -2.14. The molecular weight excluding hydrogens is 562 g/mol. The Kier molecular flexibility index (Phi) is 8.23. The van der Waals surface area contributed by atoms with Gasteiger partial charge in [-0.3, -0.25) is 9.78 Å². The van der Waals surface area contributed by atoms with Gasteiger partial charge in [0, 0.05) is 23.2 Å².